The van der Waals surface area contributed by atoms with Gasteiger partial charge in [-0.05, 0) is 25.8 Å². The third-order valence-electron chi connectivity index (χ3n) is 3.38. The maximum Gasteiger partial charge on any atom is 0.140 e. The van der Waals surface area contributed by atoms with E-state index >= 15 is 0 Å². The minimum absolute atomic E-state index is 0.305. The molecule has 0 heterocycles. The quantitative estimate of drug-likeness (QED) is 0.244. The summed E-state index contributed by atoms with van der Waals surface area (Å²) < 4.78 is 0. The zero-order valence-electron chi connectivity index (χ0n) is 11.0. The lowest BCUT2D eigenvalue weighted by molar-refractivity contribution is 0.271. The standard InChI is InChI=1S/C12H26N4O/c1-3-10(9-12(13)15-17)14-7-8-16(4-2)11-5-6-11/h10-11,14,17H,3-9H2,1-2H3,(H2,13,15). The van der Waals surface area contributed by atoms with Gasteiger partial charge >= 0.3 is 0 Å². The van der Waals surface area contributed by atoms with Gasteiger partial charge in [0.15, 0.2) is 0 Å². The maximum absolute atomic E-state index is 8.54. The Hall–Kier alpha value is -0.810. The first kappa shape index (κ1) is 14.3. The summed E-state index contributed by atoms with van der Waals surface area (Å²) in [6, 6.07) is 1.13. The molecule has 4 N–H and O–H groups in total. The van der Waals surface area contributed by atoms with E-state index in [-0.39, 0.29) is 0 Å². The molecule has 17 heavy (non-hydrogen) atoms. The summed E-state index contributed by atoms with van der Waals surface area (Å²) in [5, 5.41) is 15.0. The van der Waals surface area contributed by atoms with E-state index in [1.165, 1.54) is 12.8 Å². The molecule has 100 valence electrons. The number of nitrogens with one attached hydrogen (secondary N) is 1. The summed E-state index contributed by atoms with van der Waals surface area (Å²) in [4.78, 5) is 2.52. The van der Waals surface area contributed by atoms with Gasteiger partial charge in [0.2, 0.25) is 0 Å². The smallest absolute Gasteiger partial charge is 0.140 e. The molecule has 1 rings (SSSR count). The van der Waals surface area contributed by atoms with Gasteiger partial charge in [-0.15, -0.1) is 0 Å². The van der Waals surface area contributed by atoms with Gasteiger partial charge in [0.05, 0.1) is 0 Å². The lowest BCUT2D eigenvalue weighted by Crippen LogP contribution is -2.39. The fourth-order valence-corrected chi connectivity index (χ4v) is 2.10. The summed E-state index contributed by atoms with van der Waals surface area (Å²) >= 11 is 0. The van der Waals surface area contributed by atoms with Crippen molar-refractivity contribution >= 4 is 5.84 Å². The monoisotopic (exact) mass is 242 g/mol. The summed E-state index contributed by atoms with van der Waals surface area (Å²) in [5.74, 6) is 0.305. The Balaban J connectivity index is 2.17. The van der Waals surface area contributed by atoms with Crippen molar-refractivity contribution in [2.45, 2.75) is 51.6 Å². The number of oxime groups is 1. The van der Waals surface area contributed by atoms with Gasteiger partial charge in [0.25, 0.3) is 0 Å². The molecular weight excluding hydrogens is 216 g/mol. The average molecular weight is 242 g/mol. The largest absolute Gasteiger partial charge is 0.409 e. The third kappa shape index (κ3) is 5.37. The van der Waals surface area contributed by atoms with Crippen molar-refractivity contribution in [2.75, 3.05) is 19.6 Å². The first-order valence-corrected chi connectivity index (χ1v) is 6.65. The van der Waals surface area contributed by atoms with E-state index in [1.54, 1.807) is 0 Å². The van der Waals surface area contributed by atoms with Crippen molar-refractivity contribution in [1.29, 1.82) is 0 Å². The molecule has 0 spiro atoms. The molecule has 0 saturated heterocycles. The Morgan fingerprint density at radius 2 is 2.24 bits per heavy atom. The van der Waals surface area contributed by atoms with Crippen LogP contribution in [0.2, 0.25) is 0 Å². The van der Waals surface area contributed by atoms with Crippen LogP contribution < -0.4 is 11.1 Å². The molecule has 0 amide bonds. The predicted molar refractivity (Wildman–Crippen MR) is 70.4 cm³/mol. The highest BCUT2D eigenvalue weighted by Gasteiger charge is 2.27. The van der Waals surface area contributed by atoms with Crippen LogP contribution in [0.3, 0.4) is 0 Å². The molecule has 0 aromatic carbocycles. The number of nitrogens with two attached hydrogens (primary N) is 1. The van der Waals surface area contributed by atoms with E-state index in [9.17, 15) is 0 Å². The molecular formula is C12H26N4O. The van der Waals surface area contributed by atoms with Crippen LogP contribution in [-0.2, 0) is 0 Å². The van der Waals surface area contributed by atoms with Crippen LogP contribution in [0.25, 0.3) is 0 Å². The summed E-state index contributed by atoms with van der Waals surface area (Å²) in [6.45, 7) is 7.52. The zero-order valence-corrected chi connectivity index (χ0v) is 11.0. The minimum atomic E-state index is 0.305. The molecule has 1 aliphatic rings. The summed E-state index contributed by atoms with van der Waals surface area (Å²) in [7, 11) is 0. The maximum atomic E-state index is 8.54. The highest BCUT2D eigenvalue weighted by atomic mass is 16.4. The second-order valence-electron chi connectivity index (χ2n) is 4.71. The van der Waals surface area contributed by atoms with Crippen LogP contribution in [-0.4, -0.2) is 47.7 Å². The van der Waals surface area contributed by atoms with Gasteiger partial charge < -0.3 is 16.3 Å². The van der Waals surface area contributed by atoms with Crippen LogP contribution in [0.5, 0.6) is 0 Å². The van der Waals surface area contributed by atoms with E-state index in [0.29, 0.717) is 18.3 Å². The number of hydrogen-bond donors (Lipinski definition) is 3. The topological polar surface area (TPSA) is 73.9 Å². The molecule has 0 aromatic heterocycles. The zero-order chi connectivity index (χ0) is 12.7. The molecule has 5 nitrogen and oxygen atoms in total. The van der Waals surface area contributed by atoms with E-state index in [2.05, 4.69) is 29.2 Å². The molecule has 1 unspecified atom stereocenters. The Bertz CT molecular complexity index is 241. The van der Waals surface area contributed by atoms with E-state index in [4.69, 9.17) is 10.9 Å². The first-order valence-electron chi connectivity index (χ1n) is 6.65. The SMILES string of the molecule is CCC(CC(N)=NO)NCCN(CC)C1CC1. The molecule has 1 fully saturated rings. The van der Waals surface area contributed by atoms with Gasteiger partial charge in [0, 0.05) is 31.6 Å². The van der Waals surface area contributed by atoms with Crippen LogP contribution in [0.4, 0.5) is 0 Å². The van der Waals surface area contributed by atoms with Crippen LogP contribution in [0.15, 0.2) is 5.16 Å². The van der Waals surface area contributed by atoms with Crippen molar-refractivity contribution in [3.8, 4) is 0 Å². The average Bonchev–Trinajstić information content (AvgIpc) is 3.17. The number of nitrogens with zero attached hydrogens (tertiary/aromatic N) is 2. The molecule has 1 atom stereocenters. The number of likely N-dealkylation sites (N-methyl/N-ethyl adjacent to an activating group) is 1. The lowest BCUT2D eigenvalue weighted by atomic mass is 10.1. The summed E-state index contributed by atoms with van der Waals surface area (Å²) in [6.07, 6.45) is 4.32. The lowest BCUT2D eigenvalue weighted by Gasteiger charge is -2.22. The van der Waals surface area contributed by atoms with Gasteiger partial charge in [-0.3, -0.25) is 4.90 Å². The molecule has 5 heteroatoms. The normalized spacial score (nSPS) is 18.6. The third-order valence-corrected chi connectivity index (χ3v) is 3.38. The van der Waals surface area contributed by atoms with E-state index in [0.717, 1.165) is 32.1 Å². The van der Waals surface area contributed by atoms with Gasteiger partial charge in [-0.1, -0.05) is 19.0 Å². The van der Waals surface area contributed by atoms with Crippen LogP contribution >= 0.6 is 0 Å². The van der Waals surface area contributed by atoms with Crippen LogP contribution in [0.1, 0.15) is 39.5 Å². The Labute approximate surface area is 104 Å². The fourth-order valence-electron chi connectivity index (χ4n) is 2.10. The van der Waals surface area contributed by atoms with Crippen molar-refractivity contribution in [3.05, 3.63) is 0 Å². The van der Waals surface area contributed by atoms with Crippen molar-refractivity contribution in [2.24, 2.45) is 10.9 Å². The molecule has 1 saturated carbocycles. The molecule has 0 bridgehead atoms. The Morgan fingerprint density at radius 3 is 2.71 bits per heavy atom. The van der Waals surface area contributed by atoms with Gasteiger partial charge in [0.1, 0.15) is 5.84 Å². The second kappa shape index (κ2) is 7.50. The van der Waals surface area contributed by atoms with Crippen molar-refractivity contribution in [3.63, 3.8) is 0 Å². The fraction of sp³-hybridized carbons (Fsp3) is 0.917. The number of amidine groups is 1. The Kier molecular flexibility index (Phi) is 6.29. The number of rotatable bonds is 9. The first-order chi connectivity index (χ1) is 8.21. The minimum Gasteiger partial charge on any atom is -0.409 e. The van der Waals surface area contributed by atoms with Crippen LogP contribution in [0, 0.1) is 0 Å². The van der Waals surface area contributed by atoms with Crippen molar-refractivity contribution in [1.82, 2.24) is 10.2 Å². The van der Waals surface area contributed by atoms with Gasteiger partial charge in [-0.25, -0.2) is 0 Å². The second-order valence-corrected chi connectivity index (χ2v) is 4.71. The van der Waals surface area contributed by atoms with E-state index < -0.39 is 0 Å². The number of hydrogen-bond acceptors (Lipinski definition) is 4. The highest BCUT2D eigenvalue weighted by molar-refractivity contribution is 5.80. The molecule has 0 aromatic rings. The highest BCUT2D eigenvalue weighted by Crippen LogP contribution is 2.25. The molecule has 1 aliphatic carbocycles. The Morgan fingerprint density at radius 1 is 1.53 bits per heavy atom. The van der Waals surface area contributed by atoms with Crippen molar-refractivity contribution < 1.29 is 5.21 Å². The predicted octanol–water partition coefficient (Wildman–Crippen LogP) is 0.975. The molecule has 0 aliphatic heterocycles. The van der Waals surface area contributed by atoms with Gasteiger partial charge in [-0.2, -0.15) is 0 Å². The summed E-state index contributed by atoms with van der Waals surface area (Å²) in [5.41, 5.74) is 5.51. The molecule has 0 radical (unpaired) electrons. The van der Waals surface area contributed by atoms with E-state index in [1.807, 2.05) is 0 Å².